The van der Waals surface area contributed by atoms with Gasteiger partial charge in [0, 0.05) is 0 Å². The predicted octanol–water partition coefficient (Wildman–Crippen LogP) is 0.906. The van der Waals surface area contributed by atoms with Gasteiger partial charge in [0.15, 0.2) is 0 Å². The molecule has 0 aliphatic rings. The van der Waals surface area contributed by atoms with Crippen LogP contribution in [-0.4, -0.2) is 18.0 Å². The van der Waals surface area contributed by atoms with Crippen molar-refractivity contribution in [3.8, 4) is 0 Å². The molecule has 0 atom stereocenters. The molecule has 0 fully saturated rings. The lowest BCUT2D eigenvalue weighted by Gasteiger charge is -1.87. The lowest BCUT2D eigenvalue weighted by atomic mass is 10.0. The molecule has 5 heteroatoms. The molecule has 39 valence electrons. The van der Waals surface area contributed by atoms with Crippen LogP contribution in [0, 0.1) is 0 Å². The Labute approximate surface area is 56.0 Å². The predicted molar refractivity (Wildman–Crippen MR) is 33.9 cm³/mol. The largest absolute Gasteiger partial charge is 0.389 e. The topological polar surface area (TPSA) is 29.1 Å². The third-order valence-electron chi connectivity index (χ3n) is 0.293. The van der Waals surface area contributed by atoms with Crippen molar-refractivity contribution in [2.45, 2.75) is 0 Å². The minimum Gasteiger partial charge on any atom is -0.389 e. The van der Waals surface area contributed by atoms with Gasteiger partial charge in [-0.25, -0.2) is 0 Å². The number of rotatable bonds is 2. The average Bonchev–Trinajstić information content (AvgIpc) is 1.61. The van der Waals surface area contributed by atoms with E-state index in [2.05, 4.69) is 21.2 Å². The van der Waals surface area contributed by atoms with Crippen molar-refractivity contribution in [2.24, 2.45) is 0 Å². The lowest BCUT2D eigenvalue weighted by molar-refractivity contribution is 0.264. The summed E-state index contributed by atoms with van der Waals surface area (Å²) in [5.74, 6) is 0. The van der Waals surface area contributed by atoms with Crippen LogP contribution in [0.15, 0.2) is 0 Å². The first-order valence-corrected chi connectivity index (χ1v) is 3.11. The molecule has 1 N–H and O–H groups in total. The van der Waals surface area contributed by atoms with Crippen LogP contribution in [-0.2, 0) is 0 Å². The smallest absolute Gasteiger partial charge is 0.301 e. The number of hydrogen-bond acceptors (Lipinski definition) is 1. The molecule has 0 heterocycles. The van der Waals surface area contributed by atoms with E-state index in [9.17, 15) is 4.79 Å². The standard InChI is InChI=1S/C2H3BBrClNO/c4-1-3-6-2(5)7/h1H2,(H,6,7). The molecule has 0 saturated heterocycles. The minimum atomic E-state index is -0.556. The summed E-state index contributed by atoms with van der Waals surface area (Å²) in [6, 6.07) is 0. The summed E-state index contributed by atoms with van der Waals surface area (Å²) in [4.78, 5) is 9.80. The summed E-state index contributed by atoms with van der Waals surface area (Å²) in [5.41, 5.74) is 0. The summed E-state index contributed by atoms with van der Waals surface area (Å²) in [5, 5.41) is 2.31. The molecule has 0 rings (SSSR count). The van der Waals surface area contributed by atoms with Crippen molar-refractivity contribution >= 4 is 40.3 Å². The molecule has 0 aromatic heterocycles. The molecule has 2 nitrogen and oxygen atoms in total. The Morgan fingerprint density at radius 3 is 2.71 bits per heavy atom. The molecule has 0 bridgehead atoms. The molecule has 0 spiro atoms. The number of hydrogen-bond donors (Lipinski definition) is 1. The van der Waals surface area contributed by atoms with E-state index in [0.717, 1.165) is 0 Å². The number of alkyl halides is 1. The fourth-order valence-electron chi connectivity index (χ4n) is 0.119. The highest BCUT2D eigenvalue weighted by Gasteiger charge is 1.90. The molecule has 0 aromatic carbocycles. The summed E-state index contributed by atoms with van der Waals surface area (Å²) in [7, 11) is 1.51. The van der Waals surface area contributed by atoms with Crippen molar-refractivity contribution in [3.63, 3.8) is 0 Å². The maximum Gasteiger partial charge on any atom is 0.301 e. The summed E-state index contributed by atoms with van der Waals surface area (Å²) in [6.45, 7) is 0. The van der Waals surface area contributed by atoms with Gasteiger partial charge in [-0.3, -0.25) is 4.79 Å². The number of carbonyl (C=O) groups excluding carboxylic acids is 1. The summed E-state index contributed by atoms with van der Waals surface area (Å²) >= 11 is 7.90. The van der Waals surface area contributed by atoms with Crippen LogP contribution in [0.5, 0.6) is 0 Å². The highest BCUT2D eigenvalue weighted by molar-refractivity contribution is 9.09. The Bertz CT molecular complexity index is 70.7. The van der Waals surface area contributed by atoms with E-state index in [1.165, 1.54) is 7.41 Å². The fourth-order valence-corrected chi connectivity index (χ4v) is 0.358. The molecule has 1 radical (unpaired) electrons. The minimum absolute atomic E-state index is 0.556. The molecule has 0 aliphatic carbocycles. The van der Waals surface area contributed by atoms with Crippen molar-refractivity contribution in [2.75, 3.05) is 5.23 Å². The zero-order valence-corrected chi connectivity index (χ0v) is 5.79. The number of halogens is 2. The number of amides is 1. The van der Waals surface area contributed by atoms with Gasteiger partial charge < -0.3 is 5.23 Å². The maximum atomic E-state index is 9.80. The fraction of sp³-hybridized carbons (Fsp3) is 0.500. The van der Waals surface area contributed by atoms with Gasteiger partial charge in [-0.05, 0) is 16.8 Å². The quantitative estimate of drug-likeness (QED) is 0.293. The van der Waals surface area contributed by atoms with Crippen LogP contribution in [0.2, 0.25) is 0 Å². The zero-order valence-electron chi connectivity index (χ0n) is 3.45. The van der Waals surface area contributed by atoms with Gasteiger partial charge >= 0.3 is 5.37 Å². The summed E-state index contributed by atoms with van der Waals surface area (Å²) < 4.78 is 0. The van der Waals surface area contributed by atoms with Crippen molar-refractivity contribution in [1.82, 2.24) is 5.23 Å². The van der Waals surface area contributed by atoms with E-state index >= 15 is 0 Å². The first kappa shape index (κ1) is 7.30. The Kier molecular flexibility index (Phi) is 4.66. The van der Waals surface area contributed by atoms with E-state index < -0.39 is 5.37 Å². The van der Waals surface area contributed by atoms with Crippen molar-refractivity contribution in [1.29, 1.82) is 0 Å². The van der Waals surface area contributed by atoms with Crippen LogP contribution >= 0.6 is 27.5 Å². The average molecular weight is 183 g/mol. The van der Waals surface area contributed by atoms with Crippen LogP contribution in [0.25, 0.3) is 0 Å². The SMILES string of the molecule is O=C(Cl)N[B]CBr. The first-order valence-electron chi connectivity index (χ1n) is 1.61. The van der Waals surface area contributed by atoms with E-state index in [0.29, 0.717) is 5.23 Å². The molecular weight excluding hydrogens is 180 g/mol. The second-order valence-electron chi connectivity index (χ2n) is 0.776. The molecule has 0 aromatic rings. The molecule has 0 saturated carbocycles. The van der Waals surface area contributed by atoms with Gasteiger partial charge in [0.2, 0.25) is 0 Å². The lowest BCUT2D eigenvalue weighted by Crippen LogP contribution is -2.22. The third-order valence-corrected chi connectivity index (χ3v) is 0.726. The second kappa shape index (κ2) is 4.46. The van der Waals surface area contributed by atoms with Crippen LogP contribution in [0.3, 0.4) is 0 Å². The summed E-state index contributed by atoms with van der Waals surface area (Å²) in [6.07, 6.45) is 0. The van der Waals surface area contributed by atoms with Gasteiger partial charge in [-0.2, -0.15) is 0 Å². The Hall–Kier alpha value is 0.305. The van der Waals surface area contributed by atoms with Gasteiger partial charge in [0.25, 0.3) is 7.41 Å². The van der Waals surface area contributed by atoms with Crippen LogP contribution < -0.4 is 5.23 Å². The Morgan fingerprint density at radius 1 is 2.00 bits per heavy atom. The monoisotopic (exact) mass is 182 g/mol. The van der Waals surface area contributed by atoms with E-state index in [-0.39, 0.29) is 0 Å². The van der Waals surface area contributed by atoms with Crippen molar-refractivity contribution < 1.29 is 4.79 Å². The molecular formula is C2H3BBrClNO. The van der Waals surface area contributed by atoms with E-state index in [4.69, 9.17) is 11.6 Å². The normalized spacial score (nSPS) is 7.71. The van der Waals surface area contributed by atoms with Crippen LogP contribution in [0.1, 0.15) is 0 Å². The van der Waals surface area contributed by atoms with Gasteiger partial charge in [0.05, 0.1) is 0 Å². The molecule has 1 amide bonds. The molecule has 0 aliphatic heterocycles. The van der Waals surface area contributed by atoms with Gasteiger partial charge in [0.1, 0.15) is 0 Å². The second-order valence-corrected chi connectivity index (χ2v) is 1.77. The highest BCUT2D eigenvalue weighted by atomic mass is 79.9. The number of nitrogens with one attached hydrogen (secondary N) is 1. The van der Waals surface area contributed by atoms with E-state index in [1.54, 1.807) is 0 Å². The van der Waals surface area contributed by atoms with Crippen molar-refractivity contribution in [3.05, 3.63) is 0 Å². The Morgan fingerprint density at radius 2 is 2.57 bits per heavy atom. The van der Waals surface area contributed by atoms with Gasteiger partial charge in [-0.1, -0.05) is 0 Å². The first-order chi connectivity index (χ1) is 3.27. The highest BCUT2D eigenvalue weighted by Crippen LogP contribution is 1.76. The van der Waals surface area contributed by atoms with Crippen LogP contribution in [0.4, 0.5) is 4.79 Å². The zero-order chi connectivity index (χ0) is 5.70. The Balaban J connectivity index is 2.82. The maximum absolute atomic E-state index is 9.80. The van der Waals surface area contributed by atoms with E-state index in [1.807, 2.05) is 0 Å². The molecule has 0 unspecified atom stereocenters. The molecule has 7 heavy (non-hydrogen) atoms. The van der Waals surface area contributed by atoms with Gasteiger partial charge in [-0.15, -0.1) is 15.9 Å². The third kappa shape index (κ3) is 6.30. The number of carbonyl (C=O) groups is 1.